The van der Waals surface area contributed by atoms with Gasteiger partial charge < -0.3 is 15.4 Å². The molecule has 0 aromatic heterocycles. The van der Waals surface area contributed by atoms with E-state index in [1.54, 1.807) is 7.11 Å². The highest BCUT2D eigenvalue weighted by molar-refractivity contribution is 5.84. The second-order valence-electron chi connectivity index (χ2n) is 8.74. The number of nitrogens with zero attached hydrogens (tertiary/aromatic N) is 1. The quantitative estimate of drug-likeness (QED) is 0.793. The second kappa shape index (κ2) is 8.50. The van der Waals surface area contributed by atoms with Crippen molar-refractivity contribution in [3.63, 3.8) is 0 Å². The van der Waals surface area contributed by atoms with Gasteiger partial charge in [-0.05, 0) is 60.9 Å². The number of hydrogen-bond donors (Lipinski definition) is 1. The predicted molar refractivity (Wildman–Crippen MR) is 117 cm³/mol. The van der Waals surface area contributed by atoms with E-state index in [9.17, 15) is 9.59 Å². The van der Waals surface area contributed by atoms with Crippen LogP contribution >= 0.6 is 0 Å². The van der Waals surface area contributed by atoms with Crippen molar-refractivity contribution in [2.75, 3.05) is 20.2 Å². The van der Waals surface area contributed by atoms with Crippen molar-refractivity contribution in [1.29, 1.82) is 0 Å². The summed E-state index contributed by atoms with van der Waals surface area (Å²) in [6, 6.07) is 16.2. The highest BCUT2D eigenvalue weighted by atomic mass is 16.5. The maximum atomic E-state index is 12.8. The number of hydrogen-bond acceptors (Lipinski definition) is 3. The van der Waals surface area contributed by atoms with Crippen molar-refractivity contribution in [3.8, 4) is 16.9 Å². The van der Waals surface area contributed by atoms with E-state index in [-0.39, 0.29) is 17.7 Å². The van der Waals surface area contributed by atoms with Crippen LogP contribution in [0.1, 0.15) is 37.7 Å². The summed E-state index contributed by atoms with van der Waals surface area (Å²) >= 11 is 0. The molecule has 1 saturated carbocycles. The first kappa shape index (κ1) is 20.5. The molecule has 0 spiro atoms. The summed E-state index contributed by atoms with van der Waals surface area (Å²) in [6.45, 7) is 1.18. The lowest BCUT2D eigenvalue weighted by molar-refractivity contribution is -0.145. The third-order valence-electron chi connectivity index (χ3n) is 6.79. The number of carbonyl (C=O) groups excluding carboxylic acids is 2. The van der Waals surface area contributed by atoms with Crippen molar-refractivity contribution >= 4 is 11.8 Å². The van der Waals surface area contributed by atoms with Crippen LogP contribution in [-0.2, 0) is 16.0 Å². The number of piperidine rings is 1. The van der Waals surface area contributed by atoms with Gasteiger partial charge in [0, 0.05) is 19.0 Å². The van der Waals surface area contributed by atoms with Gasteiger partial charge in [-0.25, -0.2) is 0 Å². The van der Waals surface area contributed by atoms with Crippen molar-refractivity contribution < 1.29 is 14.3 Å². The average Bonchev–Trinajstić information content (AvgIpc) is 2.73. The van der Waals surface area contributed by atoms with E-state index >= 15 is 0 Å². The molecule has 1 aliphatic carbocycles. The number of methoxy groups -OCH3 is 1. The Morgan fingerprint density at radius 2 is 1.67 bits per heavy atom. The summed E-state index contributed by atoms with van der Waals surface area (Å²) in [4.78, 5) is 27.2. The Morgan fingerprint density at radius 3 is 2.20 bits per heavy atom. The third-order valence-corrected chi connectivity index (χ3v) is 6.79. The molecule has 2 fully saturated rings. The number of ether oxygens (including phenoxy) is 1. The molecule has 0 bridgehead atoms. The summed E-state index contributed by atoms with van der Waals surface area (Å²) in [7, 11) is 1.66. The number of benzene rings is 2. The molecule has 2 N–H and O–H groups in total. The molecule has 1 heterocycles. The lowest BCUT2D eigenvalue weighted by atomic mass is 9.73. The smallest absolute Gasteiger partial charge is 0.225 e. The fourth-order valence-electron chi connectivity index (χ4n) is 4.66. The molecule has 5 heteroatoms. The first-order chi connectivity index (χ1) is 14.5. The zero-order valence-electron chi connectivity index (χ0n) is 17.6. The standard InChI is InChI=1S/C25H30N2O3/c1-30-22-12-10-20(11-13-22)19-8-6-18(7-9-19)16-25(24(26)29)14-3-15-27(17-25)23(28)21-4-2-5-21/h6-13,21H,2-5,14-17H2,1H3,(H2,26,29)/t25-/m0/s1. The fraction of sp³-hybridized carbons (Fsp3) is 0.440. The number of likely N-dealkylation sites (tertiary alicyclic amines) is 1. The fourth-order valence-corrected chi connectivity index (χ4v) is 4.66. The largest absolute Gasteiger partial charge is 0.497 e. The molecule has 2 amide bonds. The summed E-state index contributed by atoms with van der Waals surface area (Å²) in [5.41, 5.74) is 8.51. The molecule has 1 aliphatic heterocycles. The van der Waals surface area contributed by atoms with Gasteiger partial charge in [-0.15, -0.1) is 0 Å². The predicted octanol–water partition coefficient (Wildman–Crippen LogP) is 3.80. The Hall–Kier alpha value is -2.82. The SMILES string of the molecule is COc1ccc(-c2ccc(C[C@@]3(C(N)=O)CCCN(C(=O)C4CCC4)C3)cc2)cc1. The van der Waals surface area contributed by atoms with Crippen LogP contribution in [0.3, 0.4) is 0 Å². The molecule has 2 aliphatic rings. The lowest BCUT2D eigenvalue weighted by Gasteiger charge is -2.43. The topological polar surface area (TPSA) is 72.6 Å². The van der Waals surface area contributed by atoms with Gasteiger partial charge >= 0.3 is 0 Å². The minimum atomic E-state index is -0.681. The van der Waals surface area contributed by atoms with Crippen LogP contribution in [0, 0.1) is 11.3 Å². The Morgan fingerprint density at radius 1 is 1.03 bits per heavy atom. The van der Waals surface area contributed by atoms with Gasteiger partial charge in [0.25, 0.3) is 0 Å². The van der Waals surface area contributed by atoms with E-state index in [4.69, 9.17) is 10.5 Å². The highest BCUT2D eigenvalue weighted by Gasteiger charge is 2.43. The van der Waals surface area contributed by atoms with Crippen LogP contribution in [0.2, 0.25) is 0 Å². The molecular formula is C25H30N2O3. The van der Waals surface area contributed by atoms with Gasteiger partial charge in [0.15, 0.2) is 0 Å². The first-order valence-electron chi connectivity index (χ1n) is 10.8. The number of rotatable bonds is 6. The van der Waals surface area contributed by atoms with Gasteiger partial charge in [0.2, 0.25) is 11.8 Å². The summed E-state index contributed by atoms with van der Waals surface area (Å²) < 4.78 is 5.22. The van der Waals surface area contributed by atoms with Gasteiger partial charge in [-0.3, -0.25) is 9.59 Å². The first-order valence-corrected chi connectivity index (χ1v) is 10.8. The minimum Gasteiger partial charge on any atom is -0.497 e. The summed E-state index contributed by atoms with van der Waals surface area (Å²) in [6.07, 6.45) is 5.21. The molecule has 30 heavy (non-hydrogen) atoms. The number of nitrogens with two attached hydrogens (primary N) is 1. The van der Waals surface area contributed by atoms with Crippen molar-refractivity contribution in [2.24, 2.45) is 17.1 Å². The maximum Gasteiger partial charge on any atom is 0.225 e. The zero-order valence-corrected chi connectivity index (χ0v) is 17.6. The molecule has 0 unspecified atom stereocenters. The van der Waals surface area contributed by atoms with E-state index in [0.717, 1.165) is 61.1 Å². The lowest BCUT2D eigenvalue weighted by Crippen LogP contribution is -2.54. The van der Waals surface area contributed by atoms with E-state index in [1.165, 1.54) is 0 Å². The Labute approximate surface area is 178 Å². The monoisotopic (exact) mass is 406 g/mol. The number of carbonyl (C=O) groups is 2. The maximum absolute atomic E-state index is 12.8. The average molecular weight is 407 g/mol. The molecule has 1 saturated heterocycles. The van der Waals surface area contributed by atoms with E-state index in [2.05, 4.69) is 24.3 Å². The number of amides is 2. The van der Waals surface area contributed by atoms with Crippen molar-refractivity contribution in [1.82, 2.24) is 4.90 Å². The van der Waals surface area contributed by atoms with Gasteiger partial charge in [0.1, 0.15) is 5.75 Å². The number of primary amides is 1. The Balaban J connectivity index is 1.49. The molecule has 5 nitrogen and oxygen atoms in total. The minimum absolute atomic E-state index is 0.150. The molecule has 2 aromatic carbocycles. The van der Waals surface area contributed by atoms with Crippen LogP contribution in [0.15, 0.2) is 48.5 Å². The Kier molecular flexibility index (Phi) is 5.80. The van der Waals surface area contributed by atoms with E-state index < -0.39 is 5.41 Å². The van der Waals surface area contributed by atoms with Gasteiger partial charge in [-0.1, -0.05) is 42.8 Å². The zero-order chi connectivity index (χ0) is 21.1. The van der Waals surface area contributed by atoms with Crippen LogP contribution in [0.4, 0.5) is 0 Å². The summed E-state index contributed by atoms with van der Waals surface area (Å²) in [5.74, 6) is 0.892. The Bertz CT molecular complexity index is 903. The van der Waals surface area contributed by atoms with Crippen LogP contribution in [0.5, 0.6) is 5.75 Å². The molecule has 0 radical (unpaired) electrons. The highest BCUT2D eigenvalue weighted by Crippen LogP contribution is 2.37. The van der Waals surface area contributed by atoms with Crippen molar-refractivity contribution in [3.05, 3.63) is 54.1 Å². The van der Waals surface area contributed by atoms with E-state index in [0.29, 0.717) is 13.0 Å². The van der Waals surface area contributed by atoms with E-state index in [1.807, 2.05) is 29.2 Å². The summed E-state index contributed by atoms with van der Waals surface area (Å²) in [5, 5.41) is 0. The molecule has 2 aromatic rings. The van der Waals surface area contributed by atoms with Gasteiger partial charge in [-0.2, -0.15) is 0 Å². The van der Waals surface area contributed by atoms with Crippen LogP contribution < -0.4 is 10.5 Å². The molecular weight excluding hydrogens is 376 g/mol. The van der Waals surface area contributed by atoms with Crippen LogP contribution in [0.25, 0.3) is 11.1 Å². The molecule has 158 valence electrons. The van der Waals surface area contributed by atoms with Crippen LogP contribution in [-0.4, -0.2) is 36.9 Å². The molecule has 4 rings (SSSR count). The second-order valence-corrected chi connectivity index (χ2v) is 8.74. The molecule has 1 atom stereocenters. The van der Waals surface area contributed by atoms with Crippen molar-refractivity contribution in [2.45, 2.75) is 38.5 Å². The van der Waals surface area contributed by atoms with Gasteiger partial charge in [0.05, 0.1) is 12.5 Å². The third kappa shape index (κ3) is 4.07. The normalized spacial score (nSPS) is 21.7.